The van der Waals surface area contributed by atoms with Crippen LogP contribution in [-0.4, -0.2) is 34.8 Å². The molecule has 2 fully saturated rings. The minimum absolute atomic E-state index is 0.0321. The van der Waals surface area contributed by atoms with Crippen LogP contribution in [-0.2, 0) is 4.74 Å². The molecule has 2 saturated heterocycles. The van der Waals surface area contributed by atoms with E-state index in [2.05, 4.69) is 15.5 Å². The monoisotopic (exact) mass is 237 g/mol. The van der Waals surface area contributed by atoms with Crippen LogP contribution in [0.4, 0.5) is 0 Å². The number of hydrogen-bond donors (Lipinski definition) is 1. The molecule has 1 aromatic rings. The molecule has 2 aliphatic heterocycles. The van der Waals surface area contributed by atoms with Crippen LogP contribution in [0.2, 0.25) is 0 Å². The van der Waals surface area contributed by atoms with Gasteiger partial charge in [-0.1, -0.05) is 0 Å². The van der Waals surface area contributed by atoms with E-state index in [9.17, 15) is 4.79 Å². The Morgan fingerprint density at radius 3 is 3.12 bits per heavy atom. The molecule has 0 aromatic carbocycles. The van der Waals surface area contributed by atoms with Crippen LogP contribution in [0.15, 0.2) is 4.52 Å². The average molecular weight is 237 g/mol. The second-order valence-electron chi connectivity index (χ2n) is 4.57. The topological polar surface area (TPSA) is 77.2 Å². The van der Waals surface area contributed by atoms with Crippen molar-refractivity contribution < 1.29 is 14.1 Å². The van der Waals surface area contributed by atoms with Gasteiger partial charge in [0.05, 0.1) is 12.5 Å². The zero-order valence-corrected chi connectivity index (χ0v) is 9.68. The fourth-order valence-electron chi connectivity index (χ4n) is 2.76. The van der Waals surface area contributed by atoms with Gasteiger partial charge in [-0.3, -0.25) is 0 Å². The van der Waals surface area contributed by atoms with Crippen molar-refractivity contribution in [2.45, 2.75) is 44.2 Å². The van der Waals surface area contributed by atoms with Crippen molar-refractivity contribution in [2.24, 2.45) is 0 Å². The predicted molar refractivity (Wildman–Crippen MR) is 57.6 cm³/mol. The second-order valence-corrected chi connectivity index (χ2v) is 4.57. The molecular weight excluding hydrogens is 222 g/mol. The van der Waals surface area contributed by atoms with E-state index < -0.39 is 5.97 Å². The summed E-state index contributed by atoms with van der Waals surface area (Å²) in [6, 6.07) is 0.999. The molecule has 1 N–H and O–H groups in total. The third kappa shape index (κ3) is 1.82. The molecule has 92 valence electrons. The van der Waals surface area contributed by atoms with Crippen LogP contribution in [0.3, 0.4) is 0 Å². The van der Waals surface area contributed by atoms with Crippen LogP contribution in [0.25, 0.3) is 0 Å². The molecule has 0 spiro atoms. The van der Waals surface area contributed by atoms with E-state index >= 15 is 0 Å². The molecule has 3 unspecified atom stereocenters. The van der Waals surface area contributed by atoms with Crippen molar-refractivity contribution >= 4 is 5.97 Å². The van der Waals surface area contributed by atoms with Crippen LogP contribution < -0.4 is 5.32 Å². The van der Waals surface area contributed by atoms with Crippen molar-refractivity contribution in [3.05, 3.63) is 11.7 Å². The Kier molecular flexibility index (Phi) is 2.58. The van der Waals surface area contributed by atoms with Crippen LogP contribution >= 0.6 is 0 Å². The molecule has 6 nitrogen and oxygen atoms in total. The van der Waals surface area contributed by atoms with Crippen molar-refractivity contribution in [1.82, 2.24) is 15.5 Å². The summed E-state index contributed by atoms with van der Waals surface area (Å²) in [6.07, 6.45) is 3.39. The molecule has 6 heteroatoms. The number of esters is 1. The highest BCUT2D eigenvalue weighted by molar-refractivity contribution is 5.84. The molecule has 3 heterocycles. The summed E-state index contributed by atoms with van der Waals surface area (Å²) in [6.45, 7) is 2.07. The van der Waals surface area contributed by atoms with Gasteiger partial charge in [0.25, 0.3) is 5.82 Å². The minimum atomic E-state index is -0.515. The number of hydrogen-bond acceptors (Lipinski definition) is 6. The van der Waals surface area contributed by atoms with E-state index in [0.29, 0.717) is 24.6 Å². The molecule has 2 aliphatic rings. The molecule has 2 bridgehead atoms. The molecular formula is C11H15N3O3. The zero-order valence-electron chi connectivity index (χ0n) is 9.68. The Bertz CT molecular complexity index is 431. The van der Waals surface area contributed by atoms with E-state index in [1.807, 2.05) is 0 Å². The molecule has 3 atom stereocenters. The molecule has 1 aromatic heterocycles. The number of ether oxygens (including phenoxy) is 1. The first kappa shape index (κ1) is 10.7. The fourth-order valence-corrected chi connectivity index (χ4v) is 2.76. The number of nitrogens with one attached hydrogen (secondary N) is 1. The van der Waals surface area contributed by atoms with Gasteiger partial charge in [0, 0.05) is 12.1 Å². The average Bonchev–Trinajstić information content (AvgIpc) is 3.05. The van der Waals surface area contributed by atoms with Crippen LogP contribution in [0.1, 0.15) is 48.6 Å². The third-order valence-corrected chi connectivity index (χ3v) is 3.52. The number of fused-ring (bicyclic) bond motifs is 2. The van der Waals surface area contributed by atoms with Gasteiger partial charge in [-0.05, 0) is 31.3 Å². The van der Waals surface area contributed by atoms with E-state index in [4.69, 9.17) is 9.26 Å². The zero-order chi connectivity index (χ0) is 11.8. The quantitative estimate of drug-likeness (QED) is 0.785. The van der Waals surface area contributed by atoms with Gasteiger partial charge < -0.3 is 14.6 Å². The van der Waals surface area contributed by atoms with Gasteiger partial charge in [0.2, 0.25) is 5.89 Å². The lowest BCUT2D eigenvalue weighted by Gasteiger charge is -2.15. The Balaban J connectivity index is 1.74. The van der Waals surface area contributed by atoms with E-state index in [1.54, 1.807) is 6.92 Å². The summed E-state index contributed by atoms with van der Waals surface area (Å²) >= 11 is 0. The van der Waals surface area contributed by atoms with Crippen molar-refractivity contribution in [3.8, 4) is 0 Å². The standard InChI is InChI=1S/C11H15N3O3/c1-2-16-11(15)9-13-10(17-14-9)7-5-6-3-4-8(7)12-6/h6-8,12H,2-5H2,1H3. The van der Waals surface area contributed by atoms with Gasteiger partial charge in [-0.15, -0.1) is 0 Å². The number of carbonyl (C=O) groups excluding carboxylic acids is 1. The fraction of sp³-hybridized carbons (Fsp3) is 0.727. The number of aromatic nitrogens is 2. The maximum Gasteiger partial charge on any atom is 0.379 e. The normalized spacial score (nSPS) is 30.8. The van der Waals surface area contributed by atoms with Crippen LogP contribution in [0.5, 0.6) is 0 Å². The maximum atomic E-state index is 11.4. The Morgan fingerprint density at radius 1 is 1.59 bits per heavy atom. The Morgan fingerprint density at radius 2 is 2.47 bits per heavy atom. The van der Waals surface area contributed by atoms with Gasteiger partial charge in [0.1, 0.15) is 0 Å². The summed E-state index contributed by atoms with van der Waals surface area (Å²) in [5.41, 5.74) is 0. The second kappa shape index (κ2) is 4.10. The molecule has 3 rings (SSSR count). The maximum absolute atomic E-state index is 11.4. The lowest BCUT2D eigenvalue weighted by Crippen LogP contribution is -2.21. The van der Waals surface area contributed by atoms with Crippen LogP contribution in [0, 0.1) is 0 Å². The lowest BCUT2D eigenvalue weighted by molar-refractivity contribution is 0.0508. The van der Waals surface area contributed by atoms with Crippen molar-refractivity contribution in [3.63, 3.8) is 0 Å². The highest BCUT2D eigenvalue weighted by atomic mass is 16.5. The number of carbonyl (C=O) groups is 1. The Labute approximate surface area is 98.7 Å². The smallest absolute Gasteiger partial charge is 0.379 e. The van der Waals surface area contributed by atoms with Gasteiger partial charge >= 0.3 is 5.97 Å². The highest BCUT2D eigenvalue weighted by Gasteiger charge is 2.42. The summed E-state index contributed by atoms with van der Waals surface area (Å²) in [7, 11) is 0. The Hall–Kier alpha value is -1.43. The molecule has 0 radical (unpaired) electrons. The first-order chi connectivity index (χ1) is 8.28. The summed E-state index contributed by atoms with van der Waals surface area (Å²) in [4.78, 5) is 15.5. The third-order valence-electron chi connectivity index (χ3n) is 3.52. The molecule has 0 aliphatic carbocycles. The van der Waals surface area contributed by atoms with Gasteiger partial charge in [0.15, 0.2) is 0 Å². The lowest BCUT2D eigenvalue weighted by atomic mass is 9.89. The first-order valence-corrected chi connectivity index (χ1v) is 6.04. The van der Waals surface area contributed by atoms with Gasteiger partial charge in [-0.25, -0.2) is 4.79 Å². The van der Waals surface area contributed by atoms with E-state index in [0.717, 1.165) is 12.8 Å². The summed E-state index contributed by atoms with van der Waals surface area (Å²) in [5, 5.41) is 7.17. The number of rotatable bonds is 3. The SMILES string of the molecule is CCOC(=O)c1noc(C2CC3CCC2N3)n1. The highest BCUT2D eigenvalue weighted by Crippen LogP contribution is 2.39. The van der Waals surface area contributed by atoms with E-state index in [-0.39, 0.29) is 11.7 Å². The number of nitrogens with zero attached hydrogens (tertiary/aromatic N) is 2. The van der Waals surface area contributed by atoms with E-state index in [1.165, 1.54) is 6.42 Å². The molecule has 0 saturated carbocycles. The largest absolute Gasteiger partial charge is 0.460 e. The predicted octanol–water partition coefficient (Wildman–Crippen LogP) is 0.854. The first-order valence-electron chi connectivity index (χ1n) is 6.04. The van der Waals surface area contributed by atoms with Crippen molar-refractivity contribution in [1.29, 1.82) is 0 Å². The summed E-state index contributed by atoms with van der Waals surface area (Å²) < 4.78 is 9.99. The van der Waals surface area contributed by atoms with Gasteiger partial charge in [-0.2, -0.15) is 4.98 Å². The summed E-state index contributed by atoms with van der Waals surface area (Å²) in [5.74, 6) is 0.334. The molecule has 17 heavy (non-hydrogen) atoms. The molecule has 0 amide bonds. The minimum Gasteiger partial charge on any atom is -0.460 e. The van der Waals surface area contributed by atoms with Crippen molar-refractivity contribution in [2.75, 3.05) is 6.61 Å².